The summed E-state index contributed by atoms with van der Waals surface area (Å²) < 4.78 is 0. The largest absolute Gasteiger partial charge is 0.192 e. The molecule has 3 aliphatic carbocycles. The van der Waals surface area contributed by atoms with Crippen LogP contribution in [0.5, 0.6) is 0 Å². The molecule has 0 aliphatic heterocycles. The van der Waals surface area contributed by atoms with Crippen LogP contribution in [0.4, 0.5) is 0 Å². The molecule has 0 saturated carbocycles. The number of hydrogen-bond acceptors (Lipinski definition) is 3. The Morgan fingerprint density at radius 3 is 1.08 bits per heavy atom. The Morgan fingerprint density at radius 2 is 0.769 bits per heavy atom. The van der Waals surface area contributed by atoms with Gasteiger partial charge in [0.15, 0.2) is 0 Å². The van der Waals surface area contributed by atoms with Crippen molar-refractivity contribution in [2.24, 2.45) is 0 Å². The fraction of sp³-hybridized carbons (Fsp3) is 0.0870. The highest BCUT2D eigenvalue weighted by Crippen LogP contribution is 2.56. The summed E-state index contributed by atoms with van der Waals surface area (Å²) in [5.41, 5.74) is 8.91. The van der Waals surface area contributed by atoms with Crippen molar-refractivity contribution in [3.05, 3.63) is 105 Å². The average molecular weight is 329 g/mol. The summed E-state index contributed by atoms with van der Waals surface area (Å²) in [5.74, 6) is 0.0307. The minimum atomic E-state index is -0.00524. The summed E-state index contributed by atoms with van der Waals surface area (Å²) in [6.45, 7) is 0. The highest BCUT2D eigenvalue weighted by Gasteiger charge is 2.41. The molecule has 6 rings (SSSR count). The smallest absolute Gasteiger partial charge is 0.0991 e. The van der Waals surface area contributed by atoms with Gasteiger partial charge in [0, 0.05) is 11.8 Å². The van der Waals surface area contributed by atoms with Gasteiger partial charge in [-0.3, -0.25) is 0 Å². The van der Waals surface area contributed by atoms with E-state index in [0.717, 1.165) is 16.7 Å². The van der Waals surface area contributed by atoms with Crippen LogP contribution >= 0.6 is 0 Å². The fourth-order valence-electron chi connectivity index (χ4n) is 4.48. The van der Waals surface area contributed by atoms with Crippen molar-refractivity contribution in [1.82, 2.24) is 0 Å². The van der Waals surface area contributed by atoms with Gasteiger partial charge in [-0.25, -0.2) is 0 Å². The van der Waals surface area contributed by atoms with Gasteiger partial charge >= 0.3 is 0 Å². The molecule has 3 heteroatoms. The normalized spacial score (nSPS) is 17.9. The second-order valence-electron chi connectivity index (χ2n) is 6.73. The molecule has 0 aromatic heterocycles. The number of nitriles is 3. The molecule has 118 valence electrons. The van der Waals surface area contributed by atoms with Gasteiger partial charge in [-0.2, -0.15) is 15.8 Å². The van der Waals surface area contributed by atoms with E-state index in [1.807, 2.05) is 54.6 Å². The lowest BCUT2D eigenvalue weighted by molar-refractivity contribution is 0.753. The minimum Gasteiger partial charge on any atom is -0.192 e. The van der Waals surface area contributed by atoms with E-state index in [-0.39, 0.29) is 11.8 Å². The predicted octanol–water partition coefficient (Wildman–Crippen LogP) is 4.29. The summed E-state index contributed by atoms with van der Waals surface area (Å²) in [6, 6.07) is 24.3. The Balaban J connectivity index is 1.87. The highest BCUT2D eigenvalue weighted by molar-refractivity contribution is 5.70. The Hall–Kier alpha value is -3.87. The Morgan fingerprint density at radius 1 is 0.462 bits per heavy atom. The predicted molar refractivity (Wildman–Crippen MR) is 95.4 cm³/mol. The number of nitrogens with zero attached hydrogens (tertiary/aromatic N) is 3. The van der Waals surface area contributed by atoms with E-state index < -0.39 is 0 Å². The van der Waals surface area contributed by atoms with Gasteiger partial charge in [-0.1, -0.05) is 18.2 Å². The van der Waals surface area contributed by atoms with Crippen LogP contribution in [0.3, 0.4) is 0 Å². The third-order valence-electron chi connectivity index (χ3n) is 5.51. The maximum Gasteiger partial charge on any atom is 0.0991 e. The first kappa shape index (κ1) is 14.5. The van der Waals surface area contributed by atoms with Crippen LogP contribution in [-0.2, 0) is 0 Å². The SMILES string of the molecule is N#Cc1ccc2c(c1)C1c3ccc(C#N)cc3C2c2cc(C#N)ccc21. The zero-order valence-electron chi connectivity index (χ0n) is 13.7. The molecule has 0 saturated heterocycles. The van der Waals surface area contributed by atoms with Gasteiger partial charge < -0.3 is 0 Å². The molecule has 0 radical (unpaired) electrons. The van der Waals surface area contributed by atoms with Crippen molar-refractivity contribution in [3.8, 4) is 18.2 Å². The van der Waals surface area contributed by atoms with Crippen molar-refractivity contribution in [1.29, 1.82) is 15.8 Å². The van der Waals surface area contributed by atoms with Gasteiger partial charge in [-0.05, 0) is 69.8 Å². The van der Waals surface area contributed by atoms with Crippen molar-refractivity contribution < 1.29 is 0 Å². The minimum absolute atomic E-state index is 0.00524. The van der Waals surface area contributed by atoms with Crippen molar-refractivity contribution in [3.63, 3.8) is 0 Å². The fourth-order valence-corrected chi connectivity index (χ4v) is 4.48. The number of hydrogen-bond donors (Lipinski definition) is 0. The molecule has 0 heterocycles. The maximum atomic E-state index is 9.32. The van der Waals surface area contributed by atoms with E-state index >= 15 is 0 Å². The molecule has 0 N–H and O–H groups in total. The topological polar surface area (TPSA) is 71.4 Å². The molecule has 26 heavy (non-hydrogen) atoms. The van der Waals surface area contributed by atoms with Crippen LogP contribution < -0.4 is 0 Å². The zero-order valence-corrected chi connectivity index (χ0v) is 13.7. The molecule has 0 fully saturated rings. The Labute approximate surface area is 151 Å². The van der Waals surface area contributed by atoms with Gasteiger partial charge in [0.2, 0.25) is 0 Å². The van der Waals surface area contributed by atoms with E-state index in [1.165, 1.54) is 16.7 Å². The second kappa shape index (κ2) is 5.06. The summed E-state index contributed by atoms with van der Waals surface area (Å²) >= 11 is 0. The molecule has 3 aromatic carbocycles. The van der Waals surface area contributed by atoms with Crippen molar-refractivity contribution >= 4 is 0 Å². The lowest BCUT2D eigenvalue weighted by Crippen LogP contribution is -2.27. The van der Waals surface area contributed by atoms with Crippen LogP contribution in [0.15, 0.2) is 54.6 Å². The molecular formula is C23H11N3. The molecule has 3 aromatic rings. The van der Waals surface area contributed by atoms with E-state index in [9.17, 15) is 15.8 Å². The van der Waals surface area contributed by atoms with Crippen LogP contribution in [0.1, 0.15) is 61.9 Å². The van der Waals surface area contributed by atoms with Crippen LogP contribution in [-0.4, -0.2) is 0 Å². The van der Waals surface area contributed by atoms with E-state index in [4.69, 9.17) is 0 Å². The number of rotatable bonds is 0. The van der Waals surface area contributed by atoms with Crippen LogP contribution in [0.2, 0.25) is 0 Å². The summed E-state index contributed by atoms with van der Waals surface area (Å²) in [4.78, 5) is 0. The summed E-state index contributed by atoms with van der Waals surface area (Å²) in [5, 5.41) is 28.0. The van der Waals surface area contributed by atoms with Crippen LogP contribution in [0.25, 0.3) is 0 Å². The molecule has 2 bridgehead atoms. The zero-order chi connectivity index (χ0) is 17.8. The monoisotopic (exact) mass is 329 g/mol. The van der Waals surface area contributed by atoms with Gasteiger partial charge in [0.25, 0.3) is 0 Å². The molecule has 3 aliphatic rings. The van der Waals surface area contributed by atoms with E-state index in [0.29, 0.717) is 16.7 Å². The molecule has 3 nitrogen and oxygen atoms in total. The first-order chi connectivity index (χ1) is 12.7. The van der Waals surface area contributed by atoms with Crippen molar-refractivity contribution in [2.45, 2.75) is 11.8 Å². The Kier molecular flexibility index (Phi) is 2.82. The highest BCUT2D eigenvalue weighted by atomic mass is 14.4. The maximum absolute atomic E-state index is 9.32. The molecule has 0 atom stereocenters. The van der Waals surface area contributed by atoms with Gasteiger partial charge in [0.05, 0.1) is 34.9 Å². The van der Waals surface area contributed by atoms with Gasteiger partial charge in [-0.15, -0.1) is 0 Å². The third kappa shape index (κ3) is 1.74. The molecule has 0 unspecified atom stereocenters. The van der Waals surface area contributed by atoms with Gasteiger partial charge in [0.1, 0.15) is 0 Å². The second-order valence-corrected chi connectivity index (χ2v) is 6.73. The molecular weight excluding hydrogens is 318 g/mol. The lowest BCUT2D eigenvalue weighted by Gasteiger charge is -2.42. The standard InChI is InChI=1S/C23H11N3/c24-10-13-3-6-18-19(7-13)22-16-4-1-14(11-25)8-20(16)23(18)21-9-15(12-26)2-5-17(21)22/h1-9,22-23H. The first-order valence-corrected chi connectivity index (χ1v) is 8.37. The van der Waals surface area contributed by atoms with Crippen molar-refractivity contribution in [2.75, 3.05) is 0 Å². The summed E-state index contributed by atoms with van der Waals surface area (Å²) in [6.07, 6.45) is 0. The molecule has 0 spiro atoms. The number of benzene rings is 3. The lowest BCUT2D eigenvalue weighted by atomic mass is 9.60. The third-order valence-corrected chi connectivity index (χ3v) is 5.51. The first-order valence-electron chi connectivity index (χ1n) is 8.37. The molecule has 0 amide bonds. The van der Waals surface area contributed by atoms with E-state index in [1.54, 1.807) is 0 Å². The quantitative estimate of drug-likeness (QED) is 0.425. The van der Waals surface area contributed by atoms with Crippen LogP contribution in [0, 0.1) is 34.0 Å². The van der Waals surface area contributed by atoms with E-state index in [2.05, 4.69) is 18.2 Å². The Bertz CT molecular complexity index is 1170. The summed E-state index contributed by atoms with van der Waals surface area (Å²) in [7, 11) is 0. The average Bonchev–Trinajstić information content (AvgIpc) is 2.71.